The lowest BCUT2D eigenvalue weighted by molar-refractivity contribution is 0.0681. The number of hydrogen-bond acceptors (Lipinski definition) is 2. The molecule has 1 saturated carbocycles. The van der Waals surface area contributed by atoms with E-state index in [-0.39, 0.29) is 0 Å². The van der Waals surface area contributed by atoms with Gasteiger partial charge in [-0.15, -0.1) is 0 Å². The van der Waals surface area contributed by atoms with E-state index in [1.165, 1.54) is 19.3 Å². The molecule has 0 saturated heterocycles. The molecule has 1 N–H and O–H groups in total. The fraction of sp³-hybridized carbons (Fsp3) is 0.583. The number of rotatable bonds is 3. The Morgan fingerprint density at radius 2 is 2.24 bits per heavy atom. The molecule has 3 nitrogen and oxygen atoms in total. The Bertz CT molecular complexity index is 419. The van der Waals surface area contributed by atoms with Crippen molar-refractivity contribution in [2.24, 2.45) is 0 Å². The Balaban J connectivity index is 2.34. The first-order valence-electron chi connectivity index (χ1n) is 5.77. The smallest absolute Gasteiger partial charge is 0.352 e. The molecule has 0 amide bonds. The number of halogens is 1. The lowest BCUT2D eigenvalue weighted by atomic mass is 9.94. The number of aromatic nitrogens is 1. The number of aromatic carboxylic acids is 1. The van der Waals surface area contributed by atoms with Gasteiger partial charge in [-0.2, -0.15) is 11.8 Å². The van der Waals surface area contributed by atoms with Crippen LogP contribution in [-0.4, -0.2) is 27.1 Å². The van der Waals surface area contributed by atoms with Crippen LogP contribution in [0.3, 0.4) is 0 Å². The molecule has 0 aliphatic heterocycles. The second kappa shape index (κ2) is 5.48. The zero-order valence-electron chi connectivity index (χ0n) is 9.73. The molecule has 2 atom stereocenters. The van der Waals surface area contributed by atoms with Crippen LogP contribution in [0.2, 0.25) is 0 Å². The number of hydrogen-bond donors (Lipinski definition) is 1. The first-order chi connectivity index (χ1) is 8.13. The lowest BCUT2D eigenvalue weighted by Crippen LogP contribution is -2.27. The van der Waals surface area contributed by atoms with E-state index in [0.717, 1.165) is 10.9 Å². The van der Waals surface area contributed by atoms with Crippen LogP contribution in [0.25, 0.3) is 0 Å². The molecule has 5 heteroatoms. The minimum Gasteiger partial charge on any atom is -0.477 e. The van der Waals surface area contributed by atoms with Crippen molar-refractivity contribution in [3.05, 3.63) is 22.4 Å². The van der Waals surface area contributed by atoms with Gasteiger partial charge >= 0.3 is 5.97 Å². The van der Waals surface area contributed by atoms with E-state index < -0.39 is 5.97 Å². The molecule has 2 unspecified atom stereocenters. The van der Waals surface area contributed by atoms with Crippen LogP contribution in [0.5, 0.6) is 0 Å². The second-order valence-electron chi connectivity index (χ2n) is 4.38. The van der Waals surface area contributed by atoms with Gasteiger partial charge in [-0.05, 0) is 41.1 Å². The molecule has 0 spiro atoms. The minimum absolute atomic E-state index is 0.316. The van der Waals surface area contributed by atoms with Gasteiger partial charge in [0.05, 0.1) is 0 Å². The predicted molar refractivity (Wildman–Crippen MR) is 73.9 cm³/mol. The zero-order chi connectivity index (χ0) is 12.4. The van der Waals surface area contributed by atoms with Gasteiger partial charge in [-0.25, -0.2) is 4.79 Å². The summed E-state index contributed by atoms with van der Waals surface area (Å²) >= 11 is 5.22. The normalized spacial score (nSPS) is 24.8. The number of carboxylic acid groups (broad SMARTS) is 1. The molecule has 1 fully saturated rings. The van der Waals surface area contributed by atoms with E-state index in [1.807, 2.05) is 22.5 Å². The highest BCUT2D eigenvalue weighted by Gasteiger charge is 2.28. The first-order valence-corrected chi connectivity index (χ1v) is 7.85. The number of carboxylic acids is 1. The Morgan fingerprint density at radius 1 is 1.53 bits per heavy atom. The third-order valence-electron chi connectivity index (χ3n) is 3.36. The van der Waals surface area contributed by atoms with Gasteiger partial charge in [0.15, 0.2) is 0 Å². The summed E-state index contributed by atoms with van der Waals surface area (Å²) in [5.74, 6) is -0.846. The van der Waals surface area contributed by atoms with E-state index >= 15 is 0 Å². The molecule has 1 aliphatic rings. The van der Waals surface area contributed by atoms with Crippen molar-refractivity contribution in [3.8, 4) is 0 Å². The average Bonchev–Trinajstić information content (AvgIpc) is 2.71. The monoisotopic (exact) mass is 317 g/mol. The highest BCUT2D eigenvalue weighted by molar-refractivity contribution is 9.10. The molecular formula is C12H16BrNO2S. The summed E-state index contributed by atoms with van der Waals surface area (Å²) in [6.45, 7) is 0. The second-order valence-corrected chi connectivity index (χ2v) is 6.37. The third kappa shape index (κ3) is 2.71. The highest BCUT2D eigenvalue weighted by atomic mass is 79.9. The molecule has 17 heavy (non-hydrogen) atoms. The fourth-order valence-corrected chi connectivity index (χ4v) is 3.98. The number of nitrogens with zero attached hydrogens (tertiary/aromatic N) is 1. The Morgan fingerprint density at radius 3 is 2.88 bits per heavy atom. The summed E-state index contributed by atoms with van der Waals surface area (Å²) in [6, 6.07) is 2.00. The summed E-state index contributed by atoms with van der Waals surface area (Å²) in [5, 5.41) is 9.75. The maximum atomic E-state index is 11.2. The quantitative estimate of drug-likeness (QED) is 0.922. The molecule has 1 aliphatic carbocycles. The van der Waals surface area contributed by atoms with E-state index in [4.69, 9.17) is 0 Å². The van der Waals surface area contributed by atoms with Crippen molar-refractivity contribution >= 4 is 33.7 Å². The van der Waals surface area contributed by atoms with E-state index in [2.05, 4.69) is 22.2 Å². The molecular weight excluding hydrogens is 302 g/mol. The lowest BCUT2D eigenvalue weighted by Gasteiger charge is -2.32. The van der Waals surface area contributed by atoms with Crippen LogP contribution in [0, 0.1) is 0 Å². The Labute approximate surface area is 114 Å². The van der Waals surface area contributed by atoms with Crippen LogP contribution in [0.15, 0.2) is 16.7 Å². The van der Waals surface area contributed by atoms with Crippen molar-refractivity contribution in [2.45, 2.75) is 37.0 Å². The van der Waals surface area contributed by atoms with Crippen molar-refractivity contribution in [3.63, 3.8) is 0 Å². The van der Waals surface area contributed by atoms with Gasteiger partial charge in [0.2, 0.25) is 0 Å². The summed E-state index contributed by atoms with van der Waals surface area (Å²) < 4.78 is 2.78. The molecule has 1 aromatic rings. The molecule has 1 aromatic heterocycles. The van der Waals surface area contributed by atoms with Crippen LogP contribution >= 0.6 is 27.7 Å². The topological polar surface area (TPSA) is 42.2 Å². The molecule has 2 rings (SSSR count). The van der Waals surface area contributed by atoms with Crippen molar-refractivity contribution in [1.82, 2.24) is 4.57 Å². The van der Waals surface area contributed by atoms with Gasteiger partial charge in [-0.3, -0.25) is 0 Å². The Hall–Kier alpha value is -0.420. The van der Waals surface area contributed by atoms with E-state index in [9.17, 15) is 9.90 Å². The first kappa shape index (κ1) is 13.0. The highest BCUT2D eigenvalue weighted by Crippen LogP contribution is 2.37. The van der Waals surface area contributed by atoms with Gasteiger partial charge in [-0.1, -0.05) is 12.8 Å². The molecule has 0 aromatic carbocycles. The molecule has 1 heterocycles. The summed E-state index contributed by atoms with van der Waals surface area (Å²) in [5.41, 5.74) is 0.392. The van der Waals surface area contributed by atoms with E-state index in [0.29, 0.717) is 17.0 Å². The van der Waals surface area contributed by atoms with Gasteiger partial charge in [0.1, 0.15) is 5.69 Å². The molecule has 94 valence electrons. The van der Waals surface area contributed by atoms with Gasteiger partial charge < -0.3 is 9.67 Å². The fourth-order valence-electron chi connectivity index (χ4n) is 2.56. The number of thioether (sulfide) groups is 1. The van der Waals surface area contributed by atoms with Crippen molar-refractivity contribution in [1.29, 1.82) is 0 Å². The molecule has 0 bridgehead atoms. The van der Waals surface area contributed by atoms with Crippen molar-refractivity contribution in [2.75, 3.05) is 6.26 Å². The summed E-state index contributed by atoms with van der Waals surface area (Å²) in [4.78, 5) is 11.2. The minimum atomic E-state index is -0.846. The standard InChI is InChI=1S/C12H16BrNO2S/c1-17-11-5-3-2-4-9(11)14-7-8(13)6-10(14)12(15)16/h6-7,9,11H,2-5H2,1H3,(H,15,16). The maximum absolute atomic E-state index is 11.2. The largest absolute Gasteiger partial charge is 0.477 e. The van der Waals surface area contributed by atoms with Gasteiger partial charge in [0.25, 0.3) is 0 Å². The molecule has 0 radical (unpaired) electrons. The van der Waals surface area contributed by atoms with Crippen LogP contribution in [0.4, 0.5) is 0 Å². The van der Waals surface area contributed by atoms with Gasteiger partial charge in [0, 0.05) is 22.0 Å². The average molecular weight is 318 g/mol. The number of carbonyl (C=O) groups is 1. The Kier molecular flexibility index (Phi) is 4.20. The zero-order valence-corrected chi connectivity index (χ0v) is 12.1. The third-order valence-corrected chi connectivity index (χ3v) is 4.95. The maximum Gasteiger partial charge on any atom is 0.352 e. The van der Waals surface area contributed by atoms with Crippen molar-refractivity contribution < 1.29 is 9.90 Å². The SMILES string of the molecule is CSC1CCCCC1n1cc(Br)cc1C(=O)O. The van der Waals surface area contributed by atoms with Crippen LogP contribution < -0.4 is 0 Å². The van der Waals surface area contributed by atoms with Crippen LogP contribution in [-0.2, 0) is 0 Å². The van der Waals surface area contributed by atoms with E-state index in [1.54, 1.807) is 6.07 Å². The van der Waals surface area contributed by atoms with Crippen LogP contribution in [0.1, 0.15) is 42.2 Å². The predicted octanol–water partition coefficient (Wildman–Crippen LogP) is 3.80. The summed E-state index contributed by atoms with van der Waals surface area (Å²) in [6.07, 6.45) is 8.72. The summed E-state index contributed by atoms with van der Waals surface area (Å²) in [7, 11) is 0.